The van der Waals surface area contributed by atoms with Crippen LogP contribution in [0.3, 0.4) is 0 Å². The number of para-hydroxylation sites is 1. The van der Waals surface area contributed by atoms with E-state index in [9.17, 15) is 4.79 Å². The van der Waals surface area contributed by atoms with Crippen molar-refractivity contribution in [3.8, 4) is 11.5 Å². The van der Waals surface area contributed by atoms with E-state index < -0.39 is 0 Å². The second kappa shape index (κ2) is 9.36. The van der Waals surface area contributed by atoms with Crippen LogP contribution in [0, 0.1) is 6.92 Å². The van der Waals surface area contributed by atoms with Crippen LogP contribution < -0.4 is 19.9 Å². The van der Waals surface area contributed by atoms with Gasteiger partial charge < -0.3 is 24.8 Å². The van der Waals surface area contributed by atoms with Crippen LogP contribution in [0.1, 0.15) is 5.56 Å². The van der Waals surface area contributed by atoms with Gasteiger partial charge in [-0.1, -0.05) is 18.7 Å². The average molecular weight is 499 g/mol. The largest absolute Gasteiger partial charge is 0.454 e. The molecule has 2 N–H and O–H groups in total. The smallest absolute Gasteiger partial charge is 0.246 e. The van der Waals surface area contributed by atoms with Gasteiger partial charge in [-0.25, -0.2) is 4.98 Å². The molecule has 2 aliphatic heterocycles. The monoisotopic (exact) mass is 498 g/mol. The van der Waals surface area contributed by atoms with Gasteiger partial charge in [-0.3, -0.25) is 9.89 Å². The maximum atomic E-state index is 12.1. The molecule has 6 rings (SSSR count). The van der Waals surface area contributed by atoms with Gasteiger partial charge in [0.2, 0.25) is 11.9 Å². The standard InChI is InChI=1S/C27H30N8O2/c1-4-23(36)33-10-12-34(13-11-33)26-19-6-5-7-22(24(19)30-27(31-26)35-15-18(16-35)28-3)37-25-17(2)8-9-21-20(25)14-29-32-21/h4-9,14,18,28H,1,10-13,15-16H2,2-3H3,(H,29,32). The first-order valence-corrected chi connectivity index (χ1v) is 12.6. The van der Waals surface area contributed by atoms with Crippen LogP contribution in [-0.4, -0.2) is 83.3 Å². The molecule has 0 spiro atoms. The Labute approximate surface area is 214 Å². The lowest BCUT2D eigenvalue weighted by molar-refractivity contribution is -0.126. The number of anilines is 2. The molecule has 2 aromatic heterocycles. The lowest BCUT2D eigenvalue weighted by Gasteiger charge is -2.40. The third kappa shape index (κ3) is 4.13. The van der Waals surface area contributed by atoms with Crippen LogP contribution in [-0.2, 0) is 4.79 Å². The second-order valence-electron chi connectivity index (χ2n) is 9.55. The number of ether oxygens (including phenoxy) is 1. The summed E-state index contributed by atoms with van der Waals surface area (Å²) in [4.78, 5) is 28.4. The topological polar surface area (TPSA) is 103 Å². The molecular weight excluding hydrogens is 468 g/mol. The van der Waals surface area contributed by atoms with Crippen LogP contribution in [0.15, 0.2) is 49.2 Å². The van der Waals surface area contributed by atoms with E-state index in [-0.39, 0.29) is 5.91 Å². The minimum atomic E-state index is -0.0361. The molecule has 37 heavy (non-hydrogen) atoms. The summed E-state index contributed by atoms with van der Waals surface area (Å²) >= 11 is 0. The van der Waals surface area contributed by atoms with Gasteiger partial charge in [-0.15, -0.1) is 0 Å². The van der Waals surface area contributed by atoms with Gasteiger partial charge in [0.25, 0.3) is 0 Å². The average Bonchev–Trinajstić information content (AvgIpc) is 3.38. The maximum absolute atomic E-state index is 12.1. The Balaban J connectivity index is 1.42. The van der Waals surface area contributed by atoms with Crippen LogP contribution in [0.4, 0.5) is 11.8 Å². The van der Waals surface area contributed by atoms with Crippen LogP contribution >= 0.6 is 0 Å². The summed E-state index contributed by atoms with van der Waals surface area (Å²) < 4.78 is 6.56. The van der Waals surface area contributed by atoms with E-state index in [0.29, 0.717) is 43.9 Å². The number of fused-ring (bicyclic) bond motifs is 2. The quantitative estimate of drug-likeness (QED) is 0.391. The molecule has 1 amide bonds. The molecule has 0 radical (unpaired) electrons. The Morgan fingerprint density at radius 2 is 1.92 bits per heavy atom. The predicted octanol–water partition coefficient (Wildman–Crippen LogP) is 2.85. The van der Waals surface area contributed by atoms with Crippen molar-refractivity contribution in [2.45, 2.75) is 13.0 Å². The Bertz CT molecular complexity index is 1480. The number of aromatic amines is 1. The first kappa shape index (κ1) is 23.2. The third-order valence-corrected chi connectivity index (χ3v) is 7.28. The summed E-state index contributed by atoms with van der Waals surface area (Å²) in [5.74, 6) is 2.95. The van der Waals surface area contributed by atoms with Gasteiger partial charge in [0, 0.05) is 50.7 Å². The number of aromatic nitrogens is 4. The number of hydrogen-bond donors (Lipinski definition) is 2. The summed E-state index contributed by atoms with van der Waals surface area (Å²) in [5.41, 5.74) is 2.70. The molecule has 2 saturated heterocycles. The first-order chi connectivity index (χ1) is 18.1. The lowest BCUT2D eigenvalue weighted by atomic mass is 10.1. The highest BCUT2D eigenvalue weighted by molar-refractivity contribution is 5.95. The summed E-state index contributed by atoms with van der Waals surface area (Å²) in [6, 6.07) is 10.4. The van der Waals surface area contributed by atoms with E-state index in [0.717, 1.165) is 52.0 Å². The van der Waals surface area contributed by atoms with Gasteiger partial charge in [0.1, 0.15) is 17.1 Å². The van der Waals surface area contributed by atoms with Crippen molar-refractivity contribution in [3.05, 3.63) is 54.7 Å². The van der Waals surface area contributed by atoms with Crippen molar-refractivity contribution >= 4 is 39.5 Å². The number of carbonyl (C=O) groups excluding carboxylic acids is 1. The number of piperazine rings is 1. The fraction of sp³-hybridized carbons (Fsp3) is 0.333. The number of nitrogens with zero attached hydrogens (tertiary/aromatic N) is 6. The van der Waals surface area contributed by atoms with Gasteiger partial charge in [-0.05, 0) is 43.8 Å². The van der Waals surface area contributed by atoms with Crippen molar-refractivity contribution < 1.29 is 9.53 Å². The summed E-state index contributed by atoms with van der Waals surface area (Å²) in [6.45, 7) is 9.95. The zero-order chi connectivity index (χ0) is 25.5. The van der Waals surface area contributed by atoms with E-state index >= 15 is 0 Å². The summed E-state index contributed by atoms with van der Waals surface area (Å²) in [5, 5.41) is 12.4. The zero-order valence-electron chi connectivity index (χ0n) is 21.1. The van der Waals surface area contributed by atoms with Crippen molar-refractivity contribution in [2.24, 2.45) is 0 Å². The molecule has 2 aromatic carbocycles. The molecule has 4 heterocycles. The lowest BCUT2D eigenvalue weighted by Crippen LogP contribution is -2.57. The maximum Gasteiger partial charge on any atom is 0.246 e. The second-order valence-corrected chi connectivity index (χ2v) is 9.55. The van der Waals surface area contributed by atoms with Gasteiger partial charge >= 0.3 is 0 Å². The molecule has 0 unspecified atom stereocenters. The molecule has 2 fully saturated rings. The number of carbonyl (C=O) groups is 1. The van der Waals surface area contributed by atoms with Gasteiger partial charge in [0.05, 0.1) is 17.1 Å². The van der Waals surface area contributed by atoms with E-state index in [1.54, 1.807) is 6.20 Å². The molecular formula is C27H30N8O2. The summed E-state index contributed by atoms with van der Waals surface area (Å²) in [6.07, 6.45) is 3.17. The summed E-state index contributed by atoms with van der Waals surface area (Å²) in [7, 11) is 1.98. The van der Waals surface area contributed by atoms with E-state index in [1.165, 1.54) is 6.08 Å². The number of aryl methyl sites for hydroxylation is 1. The Hall–Kier alpha value is -4.18. The number of H-pyrrole nitrogens is 1. The zero-order valence-corrected chi connectivity index (χ0v) is 21.1. The number of rotatable bonds is 6. The minimum absolute atomic E-state index is 0.0361. The predicted molar refractivity (Wildman–Crippen MR) is 144 cm³/mol. The highest BCUT2D eigenvalue weighted by Gasteiger charge is 2.30. The Morgan fingerprint density at radius 1 is 1.11 bits per heavy atom. The molecule has 0 aliphatic carbocycles. The Morgan fingerprint density at radius 3 is 2.68 bits per heavy atom. The number of nitrogens with one attached hydrogen (secondary N) is 2. The molecule has 0 bridgehead atoms. The molecule has 0 atom stereocenters. The molecule has 10 heteroatoms. The normalized spacial score (nSPS) is 16.3. The highest BCUT2D eigenvalue weighted by atomic mass is 16.5. The number of hydrogen-bond acceptors (Lipinski definition) is 8. The third-order valence-electron chi connectivity index (χ3n) is 7.28. The highest BCUT2D eigenvalue weighted by Crippen LogP contribution is 2.38. The SMILES string of the molecule is C=CC(=O)N1CCN(c2nc(N3CC(NC)C3)nc3c(Oc4c(C)ccc5[nH]ncc45)cccc23)CC1. The minimum Gasteiger partial charge on any atom is -0.454 e. The molecule has 2 aliphatic rings. The van der Waals surface area contributed by atoms with E-state index in [2.05, 4.69) is 31.9 Å². The van der Waals surface area contributed by atoms with Gasteiger partial charge in [-0.2, -0.15) is 10.1 Å². The van der Waals surface area contributed by atoms with Crippen molar-refractivity contribution in [1.29, 1.82) is 0 Å². The van der Waals surface area contributed by atoms with Crippen molar-refractivity contribution in [3.63, 3.8) is 0 Å². The van der Waals surface area contributed by atoms with E-state index in [4.69, 9.17) is 14.7 Å². The molecule has 0 saturated carbocycles. The van der Waals surface area contributed by atoms with Crippen molar-refractivity contribution in [1.82, 2.24) is 30.4 Å². The molecule has 190 valence electrons. The van der Waals surface area contributed by atoms with E-state index in [1.807, 2.05) is 49.2 Å². The van der Waals surface area contributed by atoms with Crippen molar-refractivity contribution in [2.75, 3.05) is 56.1 Å². The fourth-order valence-corrected chi connectivity index (χ4v) is 5.00. The van der Waals surface area contributed by atoms with Crippen LogP contribution in [0.5, 0.6) is 11.5 Å². The van der Waals surface area contributed by atoms with Crippen LogP contribution in [0.25, 0.3) is 21.8 Å². The Kier molecular flexibility index (Phi) is 5.88. The number of benzene rings is 2. The van der Waals surface area contributed by atoms with Gasteiger partial charge in [0.15, 0.2) is 5.75 Å². The number of amides is 1. The number of likely N-dealkylation sites (N-methyl/N-ethyl adjacent to an activating group) is 1. The fourth-order valence-electron chi connectivity index (χ4n) is 5.00. The molecule has 4 aromatic rings. The molecule has 10 nitrogen and oxygen atoms in total. The first-order valence-electron chi connectivity index (χ1n) is 12.6. The van der Waals surface area contributed by atoms with Crippen LogP contribution in [0.2, 0.25) is 0 Å².